The summed E-state index contributed by atoms with van der Waals surface area (Å²) in [6.07, 6.45) is -2.60. The van der Waals surface area contributed by atoms with Crippen LogP contribution in [0.5, 0.6) is 0 Å². The van der Waals surface area contributed by atoms with E-state index < -0.39 is 29.3 Å². The summed E-state index contributed by atoms with van der Waals surface area (Å²) in [6.45, 7) is 0. The van der Waals surface area contributed by atoms with Crippen LogP contribution in [-0.2, 0) is 5.33 Å². The zero-order valence-electron chi connectivity index (χ0n) is 7.18. The highest BCUT2D eigenvalue weighted by atomic mass is 79.9. The first-order valence-corrected chi connectivity index (χ1v) is 4.85. The third-order valence-corrected chi connectivity index (χ3v) is 2.24. The summed E-state index contributed by atoms with van der Waals surface area (Å²) in [6, 6.07) is 0. The molecule has 0 bridgehead atoms. The maximum absolute atomic E-state index is 13.0. The Kier molecular flexibility index (Phi) is 3.67. The lowest BCUT2D eigenvalue weighted by Crippen LogP contribution is -2.11. The first kappa shape index (κ1) is 12.0. The number of carboxylic acid groups (broad SMARTS) is 1. The van der Waals surface area contributed by atoms with Crippen molar-refractivity contribution in [2.75, 3.05) is 0 Å². The fourth-order valence-electron chi connectivity index (χ4n) is 1.10. The van der Waals surface area contributed by atoms with Crippen molar-refractivity contribution >= 4 is 21.9 Å². The van der Waals surface area contributed by atoms with Crippen LogP contribution in [0.3, 0.4) is 0 Å². The summed E-state index contributed by atoms with van der Waals surface area (Å²) in [7, 11) is 0. The van der Waals surface area contributed by atoms with Crippen molar-refractivity contribution < 1.29 is 23.1 Å². The quantitative estimate of drug-likeness (QED) is 0.868. The van der Waals surface area contributed by atoms with Crippen molar-refractivity contribution in [3.8, 4) is 0 Å². The second kappa shape index (κ2) is 4.61. The molecule has 1 heterocycles. The molecule has 1 aromatic rings. The molecule has 0 aliphatic rings. The van der Waals surface area contributed by atoms with Crippen molar-refractivity contribution in [2.45, 2.75) is 11.8 Å². The molecular weight excluding hydrogens is 279 g/mol. The molecule has 0 aliphatic heterocycles. The smallest absolute Gasteiger partial charge is 0.338 e. The molecule has 0 aliphatic carbocycles. The molecule has 0 saturated carbocycles. The van der Waals surface area contributed by atoms with E-state index in [1.165, 1.54) is 0 Å². The SMILES string of the molecule is O=C(O)c1c(CBr)ncc(F)c1C(F)F. The van der Waals surface area contributed by atoms with Crippen molar-refractivity contribution in [3.05, 3.63) is 28.8 Å². The summed E-state index contributed by atoms with van der Waals surface area (Å²) in [4.78, 5) is 14.1. The third kappa shape index (κ3) is 2.28. The van der Waals surface area contributed by atoms with Crippen LogP contribution in [0.25, 0.3) is 0 Å². The number of aromatic carboxylic acids is 1. The molecule has 0 spiro atoms. The summed E-state index contributed by atoms with van der Waals surface area (Å²) >= 11 is 2.89. The van der Waals surface area contributed by atoms with Crippen LogP contribution in [0.15, 0.2) is 6.20 Å². The predicted molar refractivity (Wildman–Crippen MR) is 48.7 cm³/mol. The molecule has 1 N–H and O–H groups in total. The molecule has 82 valence electrons. The summed E-state index contributed by atoms with van der Waals surface area (Å²) in [5.41, 5.74) is -2.02. The minimum atomic E-state index is -3.18. The molecule has 0 fully saturated rings. The van der Waals surface area contributed by atoms with Gasteiger partial charge in [0.15, 0.2) is 5.82 Å². The number of hydrogen-bond donors (Lipinski definition) is 1. The zero-order chi connectivity index (χ0) is 11.6. The topological polar surface area (TPSA) is 50.2 Å². The van der Waals surface area contributed by atoms with Gasteiger partial charge in [-0.25, -0.2) is 18.0 Å². The number of nitrogens with zero attached hydrogens (tertiary/aromatic N) is 1. The van der Waals surface area contributed by atoms with Crippen molar-refractivity contribution in [3.63, 3.8) is 0 Å². The molecule has 0 radical (unpaired) electrons. The Morgan fingerprint density at radius 1 is 1.60 bits per heavy atom. The first-order chi connectivity index (χ1) is 6.99. The van der Waals surface area contributed by atoms with E-state index >= 15 is 0 Å². The highest BCUT2D eigenvalue weighted by molar-refractivity contribution is 9.08. The molecule has 0 amide bonds. The van der Waals surface area contributed by atoms with E-state index in [-0.39, 0.29) is 11.0 Å². The van der Waals surface area contributed by atoms with E-state index in [4.69, 9.17) is 5.11 Å². The number of alkyl halides is 3. The third-order valence-electron chi connectivity index (χ3n) is 1.71. The Hall–Kier alpha value is -1.11. The lowest BCUT2D eigenvalue weighted by Gasteiger charge is -2.09. The van der Waals surface area contributed by atoms with Gasteiger partial charge in [-0.3, -0.25) is 4.98 Å². The van der Waals surface area contributed by atoms with Gasteiger partial charge in [0.25, 0.3) is 6.43 Å². The largest absolute Gasteiger partial charge is 0.478 e. The summed E-state index contributed by atoms with van der Waals surface area (Å²) in [5.74, 6) is -2.93. The number of carbonyl (C=O) groups is 1. The Morgan fingerprint density at radius 2 is 2.20 bits per heavy atom. The molecule has 0 atom stereocenters. The summed E-state index contributed by atoms with van der Waals surface area (Å²) in [5, 5.41) is 8.66. The lowest BCUT2D eigenvalue weighted by molar-refractivity contribution is 0.0680. The number of pyridine rings is 1. The molecule has 0 aromatic carbocycles. The van der Waals surface area contributed by atoms with Gasteiger partial charge in [0, 0.05) is 5.33 Å². The molecule has 1 rings (SSSR count). The number of carboxylic acids is 1. The van der Waals surface area contributed by atoms with Gasteiger partial charge in [-0.1, -0.05) is 15.9 Å². The zero-order valence-corrected chi connectivity index (χ0v) is 8.76. The normalized spacial score (nSPS) is 10.7. The van der Waals surface area contributed by atoms with Gasteiger partial charge in [-0.05, 0) is 0 Å². The van der Waals surface area contributed by atoms with Crippen LogP contribution in [-0.4, -0.2) is 16.1 Å². The van der Waals surface area contributed by atoms with Gasteiger partial charge in [0.1, 0.15) is 0 Å². The highest BCUT2D eigenvalue weighted by Crippen LogP contribution is 2.28. The van der Waals surface area contributed by atoms with Gasteiger partial charge in [0.2, 0.25) is 0 Å². The molecule has 3 nitrogen and oxygen atoms in total. The Bertz CT molecular complexity index is 398. The van der Waals surface area contributed by atoms with Crippen LogP contribution in [0, 0.1) is 5.82 Å². The van der Waals surface area contributed by atoms with E-state index in [0.29, 0.717) is 6.20 Å². The van der Waals surface area contributed by atoms with Crippen LogP contribution >= 0.6 is 15.9 Å². The molecule has 15 heavy (non-hydrogen) atoms. The minimum absolute atomic E-state index is 0.0331. The van der Waals surface area contributed by atoms with Crippen LogP contribution in [0.4, 0.5) is 13.2 Å². The lowest BCUT2D eigenvalue weighted by atomic mass is 10.1. The van der Waals surface area contributed by atoms with E-state index in [9.17, 15) is 18.0 Å². The van der Waals surface area contributed by atoms with E-state index in [2.05, 4.69) is 20.9 Å². The standard InChI is InChI=1S/C8H5BrF3NO2/c9-1-4-6(8(14)15)5(7(11)12)3(10)2-13-4/h2,7H,1H2,(H,14,15). The minimum Gasteiger partial charge on any atom is -0.478 e. The Labute approximate surface area is 91.1 Å². The average molecular weight is 284 g/mol. The van der Waals surface area contributed by atoms with Gasteiger partial charge >= 0.3 is 5.97 Å². The number of rotatable bonds is 3. The van der Waals surface area contributed by atoms with E-state index in [0.717, 1.165) is 0 Å². The number of hydrogen-bond acceptors (Lipinski definition) is 2. The molecule has 1 aromatic heterocycles. The second-order valence-corrected chi connectivity index (χ2v) is 3.14. The Balaban J connectivity index is 3.51. The molecule has 0 unspecified atom stereocenters. The van der Waals surface area contributed by atoms with E-state index in [1.54, 1.807) is 0 Å². The summed E-state index contributed by atoms with van der Waals surface area (Å²) < 4.78 is 37.8. The van der Waals surface area contributed by atoms with Gasteiger partial charge in [0.05, 0.1) is 23.0 Å². The predicted octanol–water partition coefficient (Wildman–Crippen LogP) is 2.75. The molecule has 7 heteroatoms. The highest BCUT2D eigenvalue weighted by Gasteiger charge is 2.26. The molecule has 0 saturated heterocycles. The average Bonchev–Trinajstić information content (AvgIpc) is 2.16. The number of halogens is 4. The fraction of sp³-hybridized carbons (Fsp3) is 0.250. The molecular formula is C8H5BrF3NO2. The van der Waals surface area contributed by atoms with Crippen LogP contribution in [0.2, 0.25) is 0 Å². The maximum Gasteiger partial charge on any atom is 0.338 e. The van der Waals surface area contributed by atoms with Crippen molar-refractivity contribution in [2.24, 2.45) is 0 Å². The van der Waals surface area contributed by atoms with Gasteiger partial charge in [-0.15, -0.1) is 0 Å². The van der Waals surface area contributed by atoms with Crippen LogP contribution in [0.1, 0.15) is 28.0 Å². The first-order valence-electron chi connectivity index (χ1n) is 3.73. The van der Waals surface area contributed by atoms with Gasteiger partial charge < -0.3 is 5.11 Å². The Morgan fingerprint density at radius 3 is 2.60 bits per heavy atom. The van der Waals surface area contributed by atoms with Crippen molar-refractivity contribution in [1.29, 1.82) is 0 Å². The van der Waals surface area contributed by atoms with Crippen molar-refractivity contribution in [1.82, 2.24) is 4.98 Å². The maximum atomic E-state index is 13.0. The number of aromatic nitrogens is 1. The van der Waals surface area contributed by atoms with E-state index in [1.807, 2.05) is 0 Å². The van der Waals surface area contributed by atoms with Gasteiger partial charge in [-0.2, -0.15) is 0 Å². The monoisotopic (exact) mass is 283 g/mol. The second-order valence-electron chi connectivity index (χ2n) is 2.58. The van der Waals surface area contributed by atoms with Crippen LogP contribution < -0.4 is 0 Å². The fourth-order valence-corrected chi connectivity index (χ4v) is 1.52.